The van der Waals surface area contributed by atoms with Gasteiger partial charge in [0, 0.05) is 22.3 Å². The molecule has 0 saturated heterocycles. The van der Waals surface area contributed by atoms with Gasteiger partial charge in [-0.25, -0.2) is 0 Å². The highest BCUT2D eigenvalue weighted by Gasteiger charge is 2.26. The molecule has 0 bridgehead atoms. The van der Waals surface area contributed by atoms with E-state index in [-0.39, 0.29) is 6.10 Å². The third-order valence-corrected chi connectivity index (χ3v) is 4.95. The van der Waals surface area contributed by atoms with Gasteiger partial charge >= 0.3 is 0 Å². The van der Waals surface area contributed by atoms with Gasteiger partial charge in [0.25, 0.3) is 0 Å². The van der Waals surface area contributed by atoms with Crippen molar-refractivity contribution in [1.29, 1.82) is 0 Å². The van der Waals surface area contributed by atoms with Crippen LogP contribution in [0.5, 0.6) is 0 Å². The molecule has 0 spiro atoms. The molecular weight excluding hydrogens is 230 g/mol. The predicted octanol–water partition coefficient (Wildman–Crippen LogP) is 3.05. The topological polar surface area (TPSA) is 23.5 Å². The van der Waals surface area contributed by atoms with Crippen molar-refractivity contribution in [3.63, 3.8) is 0 Å². The maximum absolute atomic E-state index is 10.0. The Kier molecular flexibility index (Phi) is 4.60. The zero-order valence-electron chi connectivity index (χ0n) is 10.9. The third-order valence-electron chi connectivity index (χ3n) is 3.73. The fourth-order valence-electron chi connectivity index (χ4n) is 2.67. The molecule has 0 amide bonds. The molecule has 0 radical (unpaired) electrons. The summed E-state index contributed by atoms with van der Waals surface area (Å²) in [5.41, 5.74) is 0. The van der Waals surface area contributed by atoms with Gasteiger partial charge in [-0.05, 0) is 38.4 Å². The van der Waals surface area contributed by atoms with Crippen molar-refractivity contribution in [2.75, 3.05) is 7.05 Å². The number of aliphatic hydroxyl groups is 1. The van der Waals surface area contributed by atoms with E-state index in [4.69, 9.17) is 0 Å². The van der Waals surface area contributed by atoms with Crippen LogP contribution in [0.25, 0.3) is 0 Å². The van der Waals surface area contributed by atoms with Crippen LogP contribution in [0.1, 0.15) is 42.4 Å². The second-order valence-corrected chi connectivity index (χ2v) is 6.31. The van der Waals surface area contributed by atoms with E-state index in [1.165, 1.54) is 22.6 Å². The van der Waals surface area contributed by atoms with Crippen molar-refractivity contribution in [3.05, 3.63) is 21.9 Å². The van der Waals surface area contributed by atoms with Gasteiger partial charge in [0.2, 0.25) is 0 Å². The molecule has 2 unspecified atom stereocenters. The lowest BCUT2D eigenvalue weighted by Gasteiger charge is -2.34. The maximum atomic E-state index is 10.0. The molecule has 1 aliphatic rings. The second kappa shape index (κ2) is 5.98. The molecule has 1 heterocycles. The van der Waals surface area contributed by atoms with E-state index in [1.807, 2.05) is 11.3 Å². The van der Waals surface area contributed by atoms with Gasteiger partial charge in [0.15, 0.2) is 0 Å². The first-order valence-electron chi connectivity index (χ1n) is 6.66. The molecular formula is C14H23NOS. The standard InChI is InChI=1S/C14H23NOS/c1-3-11-8-9-12(17-11)10-15(2)13-6-4-5-7-14(13)16/h8-9,13-14,16H,3-7,10H2,1-2H3. The second-order valence-electron chi connectivity index (χ2n) is 5.06. The van der Waals surface area contributed by atoms with E-state index < -0.39 is 0 Å². The van der Waals surface area contributed by atoms with Crippen LogP contribution in [0.2, 0.25) is 0 Å². The van der Waals surface area contributed by atoms with Crippen LogP contribution in [0, 0.1) is 0 Å². The first-order valence-corrected chi connectivity index (χ1v) is 7.48. The van der Waals surface area contributed by atoms with Crippen molar-refractivity contribution in [1.82, 2.24) is 4.90 Å². The molecule has 1 fully saturated rings. The summed E-state index contributed by atoms with van der Waals surface area (Å²) in [6.07, 6.45) is 5.56. The van der Waals surface area contributed by atoms with E-state index in [0.29, 0.717) is 6.04 Å². The quantitative estimate of drug-likeness (QED) is 0.891. The van der Waals surface area contributed by atoms with Gasteiger partial charge in [-0.3, -0.25) is 4.90 Å². The van der Waals surface area contributed by atoms with Crippen molar-refractivity contribution in [2.45, 2.75) is 57.7 Å². The molecule has 96 valence electrons. The SMILES string of the molecule is CCc1ccc(CN(C)C2CCCCC2O)s1. The van der Waals surface area contributed by atoms with Crippen molar-refractivity contribution in [3.8, 4) is 0 Å². The average molecular weight is 253 g/mol. The molecule has 3 heteroatoms. The van der Waals surface area contributed by atoms with Crippen molar-refractivity contribution >= 4 is 11.3 Å². The minimum absolute atomic E-state index is 0.126. The number of hydrogen-bond donors (Lipinski definition) is 1. The number of hydrogen-bond acceptors (Lipinski definition) is 3. The Morgan fingerprint density at radius 1 is 1.29 bits per heavy atom. The van der Waals surface area contributed by atoms with Crippen LogP contribution in [-0.2, 0) is 13.0 Å². The van der Waals surface area contributed by atoms with E-state index in [9.17, 15) is 5.11 Å². The first-order chi connectivity index (χ1) is 8.20. The minimum Gasteiger partial charge on any atom is -0.391 e. The molecule has 0 aliphatic heterocycles. The summed E-state index contributed by atoms with van der Waals surface area (Å²) in [7, 11) is 2.14. The number of nitrogens with zero attached hydrogens (tertiary/aromatic N) is 1. The number of rotatable bonds is 4. The Labute approximate surface area is 108 Å². The highest BCUT2D eigenvalue weighted by Crippen LogP contribution is 2.25. The Balaban J connectivity index is 1.93. The highest BCUT2D eigenvalue weighted by molar-refractivity contribution is 7.11. The normalized spacial score (nSPS) is 25.4. The molecule has 2 nitrogen and oxygen atoms in total. The van der Waals surface area contributed by atoms with E-state index in [0.717, 1.165) is 25.8 Å². The molecule has 1 aromatic heterocycles. The highest BCUT2D eigenvalue weighted by atomic mass is 32.1. The van der Waals surface area contributed by atoms with Crippen LogP contribution < -0.4 is 0 Å². The summed E-state index contributed by atoms with van der Waals surface area (Å²) in [4.78, 5) is 5.20. The molecule has 2 atom stereocenters. The Hall–Kier alpha value is -0.380. The molecule has 1 aromatic rings. The van der Waals surface area contributed by atoms with E-state index in [2.05, 4.69) is 31.0 Å². The zero-order valence-corrected chi connectivity index (χ0v) is 11.7. The summed E-state index contributed by atoms with van der Waals surface area (Å²) in [6, 6.07) is 4.82. The molecule has 2 rings (SSSR count). The van der Waals surface area contributed by atoms with E-state index in [1.54, 1.807) is 0 Å². The summed E-state index contributed by atoms with van der Waals surface area (Å²) in [5.74, 6) is 0. The van der Waals surface area contributed by atoms with Crippen LogP contribution >= 0.6 is 11.3 Å². The average Bonchev–Trinajstić information content (AvgIpc) is 2.77. The van der Waals surface area contributed by atoms with Gasteiger partial charge in [0.1, 0.15) is 0 Å². The first kappa shape index (κ1) is 13.1. The predicted molar refractivity (Wildman–Crippen MR) is 73.4 cm³/mol. The summed E-state index contributed by atoms with van der Waals surface area (Å²) in [6.45, 7) is 3.18. The fourth-order valence-corrected chi connectivity index (χ4v) is 3.69. The Bertz CT molecular complexity index is 350. The summed E-state index contributed by atoms with van der Waals surface area (Å²) in [5, 5.41) is 10.0. The third kappa shape index (κ3) is 3.30. The monoisotopic (exact) mass is 253 g/mol. The number of likely N-dealkylation sites (N-methyl/N-ethyl adjacent to an activating group) is 1. The largest absolute Gasteiger partial charge is 0.391 e. The molecule has 1 aliphatic carbocycles. The zero-order chi connectivity index (χ0) is 12.3. The summed E-state index contributed by atoms with van der Waals surface area (Å²) >= 11 is 1.90. The van der Waals surface area contributed by atoms with Gasteiger partial charge < -0.3 is 5.11 Å². The minimum atomic E-state index is -0.126. The van der Waals surface area contributed by atoms with E-state index >= 15 is 0 Å². The van der Waals surface area contributed by atoms with Crippen LogP contribution in [0.4, 0.5) is 0 Å². The molecule has 17 heavy (non-hydrogen) atoms. The van der Waals surface area contributed by atoms with Crippen LogP contribution in [0.15, 0.2) is 12.1 Å². The van der Waals surface area contributed by atoms with Gasteiger partial charge in [-0.15, -0.1) is 11.3 Å². The number of aliphatic hydroxyl groups excluding tert-OH is 1. The van der Waals surface area contributed by atoms with Gasteiger partial charge in [-0.1, -0.05) is 19.8 Å². The Morgan fingerprint density at radius 2 is 2.00 bits per heavy atom. The maximum Gasteiger partial charge on any atom is 0.0695 e. The summed E-state index contributed by atoms with van der Waals surface area (Å²) < 4.78 is 0. The van der Waals surface area contributed by atoms with Gasteiger partial charge in [0.05, 0.1) is 6.10 Å². The van der Waals surface area contributed by atoms with Crippen LogP contribution in [0.3, 0.4) is 0 Å². The lowest BCUT2D eigenvalue weighted by molar-refractivity contribution is 0.0292. The van der Waals surface area contributed by atoms with Gasteiger partial charge in [-0.2, -0.15) is 0 Å². The lowest BCUT2D eigenvalue weighted by atomic mass is 9.91. The van der Waals surface area contributed by atoms with Crippen LogP contribution in [-0.4, -0.2) is 29.2 Å². The number of thiophene rings is 1. The lowest BCUT2D eigenvalue weighted by Crippen LogP contribution is -2.42. The molecule has 1 saturated carbocycles. The van der Waals surface area contributed by atoms with Crippen molar-refractivity contribution < 1.29 is 5.11 Å². The Morgan fingerprint density at radius 3 is 2.65 bits per heavy atom. The fraction of sp³-hybridized carbons (Fsp3) is 0.714. The molecule has 0 aromatic carbocycles. The smallest absolute Gasteiger partial charge is 0.0695 e. The number of aryl methyl sites for hydroxylation is 1. The van der Waals surface area contributed by atoms with Crippen molar-refractivity contribution in [2.24, 2.45) is 0 Å². The molecule has 1 N–H and O–H groups in total.